The summed E-state index contributed by atoms with van der Waals surface area (Å²) in [4.78, 5) is 13.2. The molecular formula is C21H19ClN2O3S2. The number of esters is 1. The molecule has 3 aromatic rings. The predicted octanol–water partition coefficient (Wildman–Crippen LogP) is 5.60. The van der Waals surface area contributed by atoms with Crippen LogP contribution in [0.2, 0.25) is 5.02 Å². The Bertz CT molecular complexity index is 1020. The lowest BCUT2D eigenvalue weighted by Crippen LogP contribution is -2.20. The van der Waals surface area contributed by atoms with Crippen molar-refractivity contribution in [2.45, 2.75) is 6.42 Å². The second-order valence-corrected chi connectivity index (χ2v) is 8.01. The summed E-state index contributed by atoms with van der Waals surface area (Å²) in [5.74, 6) is 0.175. The van der Waals surface area contributed by atoms with Gasteiger partial charge in [-0.15, -0.1) is 11.3 Å². The lowest BCUT2D eigenvalue weighted by Gasteiger charge is -2.13. The smallest absolute Gasteiger partial charge is 0.340 e. The fourth-order valence-electron chi connectivity index (χ4n) is 2.72. The van der Waals surface area contributed by atoms with Crippen molar-refractivity contribution in [3.05, 3.63) is 75.6 Å². The zero-order chi connectivity index (χ0) is 20.8. The molecule has 3 rings (SSSR count). The Labute approximate surface area is 183 Å². The van der Waals surface area contributed by atoms with Crippen LogP contribution >= 0.6 is 35.2 Å². The summed E-state index contributed by atoms with van der Waals surface area (Å²) in [6, 6.07) is 17.0. The first kappa shape index (κ1) is 21.1. The van der Waals surface area contributed by atoms with Crippen LogP contribution in [0.15, 0.2) is 54.6 Å². The maximum Gasteiger partial charge on any atom is 0.340 e. The minimum Gasteiger partial charge on any atom is -0.495 e. The highest BCUT2D eigenvalue weighted by Gasteiger charge is 2.18. The van der Waals surface area contributed by atoms with Crippen LogP contribution in [0.3, 0.4) is 0 Å². The number of anilines is 2. The number of methoxy groups -OCH3 is 2. The average Bonchev–Trinajstić information content (AvgIpc) is 3.10. The van der Waals surface area contributed by atoms with Gasteiger partial charge in [-0.25, -0.2) is 4.79 Å². The molecule has 1 aromatic heterocycles. The van der Waals surface area contributed by atoms with Gasteiger partial charge in [0.2, 0.25) is 0 Å². The molecule has 1 heterocycles. The van der Waals surface area contributed by atoms with E-state index in [9.17, 15) is 4.79 Å². The van der Waals surface area contributed by atoms with Gasteiger partial charge in [-0.1, -0.05) is 41.9 Å². The Morgan fingerprint density at radius 1 is 1.10 bits per heavy atom. The minimum absolute atomic E-state index is 0.309. The lowest BCUT2D eigenvalue weighted by molar-refractivity contribution is 0.0602. The summed E-state index contributed by atoms with van der Waals surface area (Å²) < 4.78 is 10.2. The van der Waals surface area contributed by atoms with Gasteiger partial charge < -0.3 is 20.1 Å². The number of ether oxygens (including phenoxy) is 2. The van der Waals surface area contributed by atoms with Crippen LogP contribution in [0.5, 0.6) is 5.75 Å². The molecule has 2 aromatic carbocycles. The van der Waals surface area contributed by atoms with E-state index in [0.29, 0.717) is 38.6 Å². The Morgan fingerprint density at radius 3 is 2.55 bits per heavy atom. The van der Waals surface area contributed by atoms with E-state index >= 15 is 0 Å². The molecule has 0 unspecified atom stereocenters. The number of carbonyl (C=O) groups is 1. The third-order valence-electron chi connectivity index (χ3n) is 4.05. The zero-order valence-electron chi connectivity index (χ0n) is 15.8. The summed E-state index contributed by atoms with van der Waals surface area (Å²) in [6.07, 6.45) is 0.708. The Hall–Kier alpha value is -2.61. The van der Waals surface area contributed by atoms with E-state index in [0.717, 1.165) is 10.4 Å². The van der Waals surface area contributed by atoms with Gasteiger partial charge in [-0.3, -0.25) is 0 Å². The first-order chi connectivity index (χ1) is 14.0. The van der Waals surface area contributed by atoms with Crippen molar-refractivity contribution < 1.29 is 14.3 Å². The predicted molar refractivity (Wildman–Crippen MR) is 123 cm³/mol. The third kappa shape index (κ3) is 5.47. The summed E-state index contributed by atoms with van der Waals surface area (Å²) in [6.45, 7) is 0. The number of hydrogen-bond acceptors (Lipinski definition) is 5. The number of carbonyl (C=O) groups excluding carboxylic acids is 1. The molecule has 0 saturated heterocycles. The molecule has 0 aliphatic rings. The van der Waals surface area contributed by atoms with Gasteiger partial charge in [0, 0.05) is 16.3 Å². The number of rotatable bonds is 6. The van der Waals surface area contributed by atoms with E-state index in [1.54, 1.807) is 25.3 Å². The molecular weight excluding hydrogens is 428 g/mol. The Morgan fingerprint density at radius 2 is 1.86 bits per heavy atom. The van der Waals surface area contributed by atoms with Crippen molar-refractivity contribution in [3.8, 4) is 5.75 Å². The van der Waals surface area contributed by atoms with Crippen molar-refractivity contribution in [3.63, 3.8) is 0 Å². The third-order valence-corrected chi connectivity index (χ3v) is 5.54. The van der Waals surface area contributed by atoms with Gasteiger partial charge in [0.15, 0.2) is 5.11 Å². The largest absolute Gasteiger partial charge is 0.495 e. The molecule has 0 aliphatic carbocycles. The standard InChI is InChI=1S/C21H19ClN2O3S2/c1-26-18-9-8-14(22)11-17(18)23-21(28)24-19-16(20(25)27-2)12-15(29-19)10-13-6-4-3-5-7-13/h3-9,11-12H,10H2,1-2H3,(H2,23,24,28). The van der Waals surface area contributed by atoms with Gasteiger partial charge in [-0.05, 0) is 42.0 Å². The number of halogens is 1. The van der Waals surface area contributed by atoms with Crippen LogP contribution in [0.1, 0.15) is 20.8 Å². The number of nitrogens with one attached hydrogen (secondary N) is 2. The van der Waals surface area contributed by atoms with Crippen LogP contribution in [-0.4, -0.2) is 25.3 Å². The fourth-order valence-corrected chi connectivity index (χ4v) is 4.25. The summed E-state index contributed by atoms with van der Waals surface area (Å²) in [5, 5.41) is 7.62. The molecule has 0 radical (unpaired) electrons. The monoisotopic (exact) mass is 446 g/mol. The number of thiocarbonyl (C=S) groups is 1. The quantitative estimate of drug-likeness (QED) is 0.380. The molecule has 0 spiro atoms. The maximum absolute atomic E-state index is 12.2. The summed E-state index contributed by atoms with van der Waals surface area (Å²) >= 11 is 12.9. The SMILES string of the molecule is COC(=O)c1cc(Cc2ccccc2)sc1NC(=S)Nc1cc(Cl)ccc1OC. The maximum atomic E-state index is 12.2. The molecule has 0 amide bonds. The minimum atomic E-state index is -0.425. The molecule has 0 fully saturated rings. The van der Waals surface area contributed by atoms with Crippen LogP contribution in [-0.2, 0) is 11.2 Å². The van der Waals surface area contributed by atoms with Crippen molar-refractivity contribution in [1.29, 1.82) is 0 Å². The van der Waals surface area contributed by atoms with Gasteiger partial charge in [0.05, 0.1) is 25.5 Å². The topological polar surface area (TPSA) is 59.6 Å². The molecule has 0 saturated carbocycles. The zero-order valence-corrected chi connectivity index (χ0v) is 18.2. The highest BCUT2D eigenvalue weighted by Crippen LogP contribution is 2.32. The molecule has 29 heavy (non-hydrogen) atoms. The van der Waals surface area contributed by atoms with Gasteiger partial charge in [0.1, 0.15) is 10.8 Å². The summed E-state index contributed by atoms with van der Waals surface area (Å²) in [5.41, 5.74) is 2.21. The van der Waals surface area contributed by atoms with Crippen molar-refractivity contribution in [2.75, 3.05) is 24.9 Å². The number of hydrogen-bond donors (Lipinski definition) is 2. The van der Waals surface area contributed by atoms with Crippen LogP contribution in [0, 0.1) is 0 Å². The Balaban J connectivity index is 1.81. The first-order valence-corrected chi connectivity index (χ1v) is 10.3. The van der Waals surface area contributed by atoms with Gasteiger partial charge in [0.25, 0.3) is 0 Å². The van der Waals surface area contributed by atoms with Crippen molar-refractivity contribution in [1.82, 2.24) is 0 Å². The molecule has 0 aliphatic heterocycles. The highest BCUT2D eigenvalue weighted by molar-refractivity contribution is 7.80. The van der Waals surface area contributed by atoms with Crippen LogP contribution in [0.25, 0.3) is 0 Å². The average molecular weight is 447 g/mol. The van der Waals surface area contributed by atoms with E-state index in [1.165, 1.54) is 18.4 Å². The first-order valence-electron chi connectivity index (χ1n) is 8.66. The number of thiophene rings is 1. The van der Waals surface area contributed by atoms with E-state index in [-0.39, 0.29) is 0 Å². The van der Waals surface area contributed by atoms with Gasteiger partial charge >= 0.3 is 5.97 Å². The van der Waals surface area contributed by atoms with Crippen LogP contribution < -0.4 is 15.4 Å². The highest BCUT2D eigenvalue weighted by atomic mass is 35.5. The Kier molecular flexibility index (Phi) is 7.09. The van der Waals surface area contributed by atoms with Crippen molar-refractivity contribution >= 4 is 56.9 Å². The van der Waals surface area contributed by atoms with E-state index in [1.807, 2.05) is 36.4 Å². The molecule has 0 bridgehead atoms. The van der Waals surface area contributed by atoms with E-state index in [2.05, 4.69) is 10.6 Å². The molecule has 5 nitrogen and oxygen atoms in total. The summed E-state index contributed by atoms with van der Waals surface area (Å²) in [7, 11) is 2.92. The van der Waals surface area contributed by atoms with E-state index < -0.39 is 5.97 Å². The molecule has 8 heteroatoms. The molecule has 150 valence electrons. The van der Waals surface area contributed by atoms with Crippen molar-refractivity contribution in [2.24, 2.45) is 0 Å². The second-order valence-electron chi connectivity index (χ2n) is 6.03. The van der Waals surface area contributed by atoms with E-state index in [4.69, 9.17) is 33.3 Å². The normalized spacial score (nSPS) is 10.3. The van der Waals surface area contributed by atoms with Crippen LogP contribution in [0.4, 0.5) is 10.7 Å². The lowest BCUT2D eigenvalue weighted by atomic mass is 10.1. The molecule has 0 atom stereocenters. The fraction of sp³-hybridized carbons (Fsp3) is 0.143. The second kappa shape index (κ2) is 9.73. The van der Waals surface area contributed by atoms with Gasteiger partial charge in [-0.2, -0.15) is 0 Å². The molecule has 2 N–H and O–H groups in total. The number of benzene rings is 2.